The molecule has 0 aliphatic carbocycles. The fourth-order valence-electron chi connectivity index (χ4n) is 3.33. The van der Waals surface area contributed by atoms with Crippen molar-refractivity contribution in [1.29, 1.82) is 0 Å². The van der Waals surface area contributed by atoms with Crippen molar-refractivity contribution in [1.82, 2.24) is 14.8 Å². The van der Waals surface area contributed by atoms with E-state index in [9.17, 15) is 9.59 Å². The van der Waals surface area contributed by atoms with Crippen molar-refractivity contribution in [3.8, 4) is 0 Å². The number of carbonyl (C=O) groups excluding carboxylic acids is 2. The first-order chi connectivity index (χ1) is 12.0. The van der Waals surface area contributed by atoms with Gasteiger partial charge in [0.2, 0.25) is 5.91 Å². The summed E-state index contributed by atoms with van der Waals surface area (Å²) in [4.78, 5) is 31.9. The molecule has 1 fully saturated rings. The van der Waals surface area contributed by atoms with Gasteiger partial charge in [0.05, 0.1) is 5.56 Å². The lowest BCUT2D eigenvalue weighted by molar-refractivity contribution is -0.132. The summed E-state index contributed by atoms with van der Waals surface area (Å²) in [5, 5.41) is 0. The van der Waals surface area contributed by atoms with E-state index in [1.54, 1.807) is 0 Å². The summed E-state index contributed by atoms with van der Waals surface area (Å²) < 4.78 is 0. The van der Waals surface area contributed by atoms with Crippen molar-refractivity contribution >= 4 is 11.8 Å². The summed E-state index contributed by atoms with van der Waals surface area (Å²) in [5.41, 5.74) is 3.82. The standard InChI is InChI=1S/C20H25N3O2/c1-15-14-18(16(2)21-15)20(25)23-12-10-22(11-13-23)19(24)9-8-17-6-4-3-5-7-17/h3-7,14,21H,8-13H2,1-2H3. The molecule has 2 heterocycles. The Labute approximate surface area is 148 Å². The van der Waals surface area contributed by atoms with Crippen LogP contribution in [0.2, 0.25) is 0 Å². The minimum absolute atomic E-state index is 0.0539. The van der Waals surface area contributed by atoms with Crippen molar-refractivity contribution < 1.29 is 9.59 Å². The third-order valence-electron chi connectivity index (χ3n) is 4.77. The SMILES string of the molecule is Cc1cc(C(=O)N2CCN(C(=O)CCc3ccccc3)CC2)c(C)[nH]1. The first-order valence-electron chi connectivity index (χ1n) is 8.82. The van der Waals surface area contributed by atoms with E-state index in [4.69, 9.17) is 0 Å². The van der Waals surface area contributed by atoms with Gasteiger partial charge < -0.3 is 14.8 Å². The maximum Gasteiger partial charge on any atom is 0.255 e. The first-order valence-corrected chi connectivity index (χ1v) is 8.82. The number of nitrogens with one attached hydrogen (secondary N) is 1. The van der Waals surface area contributed by atoms with Gasteiger partial charge in [0, 0.05) is 44.0 Å². The summed E-state index contributed by atoms with van der Waals surface area (Å²) in [6.45, 7) is 6.29. The molecule has 0 bridgehead atoms. The Morgan fingerprint density at radius 1 is 1.00 bits per heavy atom. The zero-order valence-corrected chi connectivity index (χ0v) is 14.9. The molecule has 132 valence electrons. The van der Waals surface area contributed by atoms with Crippen LogP contribution in [0.3, 0.4) is 0 Å². The van der Waals surface area contributed by atoms with Crippen LogP contribution in [0.25, 0.3) is 0 Å². The molecule has 25 heavy (non-hydrogen) atoms. The van der Waals surface area contributed by atoms with Crippen LogP contribution < -0.4 is 0 Å². The van der Waals surface area contributed by atoms with Crippen LogP contribution >= 0.6 is 0 Å². The molecule has 0 atom stereocenters. The van der Waals surface area contributed by atoms with Gasteiger partial charge in [-0.25, -0.2) is 0 Å². The highest BCUT2D eigenvalue weighted by atomic mass is 16.2. The topological polar surface area (TPSA) is 56.4 Å². The lowest BCUT2D eigenvalue weighted by Crippen LogP contribution is -2.50. The summed E-state index contributed by atoms with van der Waals surface area (Å²) >= 11 is 0. The summed E-state index contributed by atoms with van der Waals surface area (Å²) in [6.07, 6.45) is 1.29. The van der Waals surface area contributed by atoms with Crippen molar-refractivity contribution in [3.63, 3.8) is 0 Å². The minimum atomic E-state index is 0.0539. The van der Waals surface area contributed by atoms with Crippen molar-refractivity contribution in [2.75, 3.05) is 26.2 Å². The second-order valence-electron chi connectivity index (χ2n) is 6.65. The second kappa shape index (κ2) is 7.55. The van der Waals surface area contributed by atoms with E-state index in [1.165, 1.54) is 5.56 Å². The second-order valence-corrected chi connectivity index (χ2v) is 6.65. The van der Waals surface area contributed by atoms with E-state index < -0.39 is 0 Å². The molecule has 5 nitrogen and oxygen atoms in total. The number of hydrogen-bond acceptors (Lipinski definition) is 2. The molecule has 1 N–H and O–H groups in total. The molecule has 0 saturated carbocycles. The van der Waals surface area contributed by atoms with Gasteiger partial charge in [0.1, 0.15) is 0 Å². The van der Waals surface area contributed by atoms with E-state index in [1.807, 2.05) is 60.0 Å². The maximum atomic E-state index is 12.6. The number of nitrogens with zero attached hydrogens (tertiary/aromatic N) is 2. The van der Waals surface area contributed by atoms with E-state index in [0.717, 1.165) is 23.4 Å². The predicted molar refractivity (Wildman–Crippen MR) is 97.5 cm³/mol. The van der Waals surface area contributed by atoms with Gasteiger partial charge in [0.15, 0.2) is 0 Å². The molecule has 1 saturated heterocycles. The Bertz CT molecular complexity index is 744. The first kappa shape index (κ1) is 17.3. The minimum Gasteiger partial charge on any atom is -0.362 e. The van der Waals surface area contributed by atoms with E-state index in [2.05, 4.69) is 4.98 Å². The number of piperazine rings is 1. The Morgan fingerprint density at radius 3 is 2.24 bits per heavy atom. The fourth-order valence-corrected chi connectivity index (χ4v) is 3.33. The van der Waals surface area contributed by atoms with Crippen LogP contribution in [0.15, 0.2) is 36.4 Å². The quantitative estimate of drug-likeness (QED) is 0.931. The van der Waals surface area contributed by atoms with Crippen LogP contribution in [-0.4, -0.2) is 52.8 Å². The number of aromatic nitrogens is 1. The zero-order chi connectivity index (χ0) is 17.8. The zero-order valence-electron chi connectivity index (χ0n) is 14.9. The van der Waals surface area contributed by atoms with Gasteiger partial charge >= 0.3 is 0 Å². The maximum absolute atomic E-state index is 12.6. The number of hydrogen-bond donors (Lipinski definition) is 1. The van der Waals surface area contributed by atoms with Crippen molar-refractivity contribution in [3.05, 3.63) is 58.9 Å². The van der Waals surface area contributed by atoms with Crippen LogP contribution in [0.1, 0.15) is 33.7 Å². The molecular weight excluding hydrogens is 314 g/mol. The molecule has 1 aliphatic heterocycles. The predicted octanol–water partition coefficient (Wildman–Crippen LogP) is 2.55. The Hall–Kier alpha value is -2.56. The lowest BCUT2D eigenvalue weighted by atomic mass is 10.1. The van der Waals surface area contributed by atoms with Gasteiger partial charge in [-0.3, -0.25) is 9.59 Å². The molecule has 0 spiro atoms. The van der Waals surface area contributed by atoms with E-state index >= 15 is 0 Å². The van der Waals surface area contributed by atoms with E-state index in [-0.39, 0.29) is 11.8 Å². The average Bonchev–Trinajstić information content (AvgIpc) is 2.98. The molecule has 1 aliphatic rings. The highest BCUT2D eigenvalue weighted by Gasteiger charge is 2.25. The van der Waals surface area contributed by atoms with Gasteiger partial charge in [-0.1, -0.05) is 30.3 Å². The van der Waals surface area contributed by atoms with Crippen LogP contribution in [0, 0.1) is 13.8 Å². The third kappa shape index (κ3) is 4.10. The van der Waals surface area contributed by atoms with Gasteiger partial charge in [-0.05, 0) is 31.9 Å². The number of amides is 2. The molecule has 0 unspecified atom stereocenters. The lowest BCUT2D eigenvalue weighted by Gasteiger charge is -2.35. The number of benzene rings is 1. The van der Waals surface area contributed by atoms with Gasteiger partial charge in [-0.15, -0.1) is 0 Å². The largest absolute Gasteiger partial charge is 0.362 e. The van der Waals surface area contributed by atoms with Gasteiger partial charge in [-0.2, -0.15) is 0 Å². The number of rotatable bonds is 4. The number of carbonyl (C=O) groups is 2. The molecule has 5 heteroatoms. The summed E-state index contributed by atoms with van der Waals surface area (Å²) in [5.74, 6) is 0.225. The highest BCUT2D eigenvalue weighted by molar-refractivity contribution is 5.95. The monoisotopic (exact) mass is 339 g/mol. The van der Waals surface area contributed by atoms with Crippen molar-refractivity contribution in [2.45, 2.75) is 26.7 Å². The van der Waals surface area contributed by atoms with Crippen LogP contribution in [-0.2, 0) is 11.2 Å². The summed E-state index contributed by atoms with van der Waals surface area (Å²) in [7, 11) is 0. The fraction of sp³-hybridized carbons (Fsp3) is 0.400. The molecule has 2 aromatic rings. The van der Waals surface area contributed by atoms with Crippen molar-refractivity contribution in [2.24, 2.45) is 0 Å². The molecule has 0 radical (unpaired) electrons. The molecule has 1 aromatic heterocycles. The summed E-state index contributed by atoms with van der Waals surface area (Å²) in [6, 6.07) is 12.0. The number of aromatic amines is 1. The average molecular weight is 339 g/mol. The Balaban J connectivity index is 1.50. The normalized spacial score (nSPS) is 14.6. The highest BCUT2D eigenvalue weighted by Crippen LogP contribution is 2.15. The number of H-pyrrole nitrogens is 1. The van der Waals surface area contributed by atoms with E-state index in [0.29, 0.717) is 32.6 Å². The third-order valence-corrected chi connectivity index (χ3v) is 4.77. The molecule has 1 aromatic carbocycles. The van der Waals surface area contributed by atoms with Gasteiger partial charge in [0.25, 0.3) is 5.91 Å². The smallest absolute Gasteiger partial charge is 0.255 e. The number of aryl methyl sites for hydroxylation is 3. The Morgan fingerprint density at radius 2 is 1.64 bits per heavy atom. The molecular formula is C20H25N3O2. The Kier molecular flexibility index (Phi) is 5.22. The van der Waals surface area contributed by atoms with Crippen LogP contribution in [0.5, 0.6) is 0 Å². The van der Waals surface area contributed by atoms with Crippen LogP contribution in [0.4, 0.5) is 0 Å². The molecule has 3 rings (SSSR count). The molecule has 2 amide bonds.